The van der Waals surface area contributed by atoms with E-state index < -0.39 is 6.10 Å². The summed E-state index contributed by atoms with van der Waals surface area (Å²) in [6.07, 6.45) is 3.96. The Morgan fingerprint density at radius 3 is 2.85 bits per heavy atom. The molecule has 5 rings (SSSR count). The van der Waals surface area contributed by atoms with Gasteiger partial charge in [0, 0.05) is 29.6 Å². The van der Waals surface area contributed by atoms with Crippen molar-refractivity contribution in [3.8, 4) is 16.9 Å². The number of nitrogens with one attached hydrogen (secondary N) is 3. The number of aromatic nitrogens is 2. The second-order valence-corrected chi connectivity index (χ2v) is 8.74. The molecule has 1 aliphatic carbocycles. The molecule has 0 radical (unpaired) electrons. The van der Waals surface area contributed by atoms with Crippen LogP contribution in [0.5, 0.6) is 5.75 Å². The largest absolute Gasteiger partial charge is 0.493 e. The number of hydrogen-bond acceptors (Lipinski definition) is 5. The molecule has 0 unspecified atom stereocenters. The molecule has 2 fully saturated rings. The number of fused-ring (bicyclic) bond motifs is 1. The number of rotatable bonds is 6. The lowest BCUT2D eigenvalue weighted by Crippen LogP contribution is -2.52. The molecule has 3 aromatic rings. The van der Waals surface area contributed by atoms with Crippen LogP contribution in [0.15, 0.2) is 30.5 Å². The van der Waals surface area contributed by atoms with E-state index in [1.54, 1.807) is 18.3 Å². The third kappa shape index (κ3) is 4.83. The third-order valence-electron chi connectivity index (χ3n) is 6.27. The topological polar surface area (TPSA) is 99.3 Å². The van der Waals surface area contributed by atoms with Crippen molar-refractivity contribution >= 4 is 29.3 Å². The highest BCUT2D eigenvalue weighted by molar-refractivity contribution is 6.09. The maximum atomic E-state index is 14.2. The van der Waals surface area contributed by atoms with Gasteiger partial charge in [0.25, 0.3) is 5.91 Å². The van der Waals surface area contributed by atoms with E-state index in [4.69, 9.17) is 4.74 Å². The summed E-state index contributed by atoms with van der Waals surface area (Å²) in [4.78, 5) is 20.8. The van der Waals surface area contributed by atoms with Crippen LogP contribution in [0.25, 0.3) is 22.2 Å². The highest BCUT2D eigenvalue weighted by Crippen LogP contribution is 2.37. The summed E-state index contributed by atoms with van der Waals surface area (Å²) in [7, 11) is 0. The number of aromatic amines is 1. The summed E-state index contributed by atoms with van der Waals surface area (Å²) in [6.45, 7) is 3.61. The van der Waals surface area contributed by atoms with E-state index in [0.29, 0.717) is 59.1 Å². The van der Waals surface area contributed by atoms with Crippen LogP contribution >= 0.6 is 12.4 Å². The lowest BCUT2D eigenvalue weighted by molar-refractivity contribution is 0.0766. The SMILES string of the molecule is Cc1[nH]c2c(-c3cc(F)ccc3OCC3CC3)ccnc2c1C(=O)N[C@@H]1CCNC[C@@H]1O.Cl. The third-order valence-corrected chi connectivity index (χ3v) is 6.27. The molecule has 9 heteroatoms. The summed E-state index contributed by atoms with van der Waals surface area (Å²) in [5, 5.41) is 16.2. The van der Waals surface area contributed by atoms with Gasteiger partial charge in [0.1, 0.15) is 17.1 Å². The van der Waals surface area contributed by atoms with E-state index in [-0.39, 0.29) is 30.2 Å². The van der Waals surface area contributed by atoms with Crippen molar-refractivity contribution in [1.29, 1.82) is 0 Å². The first-order valence-corrected chi connectivity index (χ1v) is 11.1. The molecule has 2 atom stereocenters. The van der Waals surface area contributed by atoms with Gasteiger partial charge >= 0.3 is 0 Å². The molecule has 1 aromatic carbocycles. The Bertz CT molecular complexity index is 1160. The van der Waals surface area contributed by atoms with Crippen LogP contribution in [0.3, 0.4) is 0 Å². The van der Waals surface area contributed by atoms with Crippen molar-refractivity contribution in [2.45, 2.75) is 38.3 Å². The number of H-pyrrole nitrogens is 1. The van der Waals surface area contributed by atoms with Crippen molar-refractivity contribution in [2.24, 2.45) is 5.92 Å². The molecular formula is C24H28ClFN4O3. The van der Waals surface area contributed by atoms with Gasteiger partial charge in [-0.25, -0.2) is 4.39 Å². The minimum atomic E-state index is -0.639. The molecular weight excluding hydrogens is 447 g/mol. The maximum absolute atomic E-state index is 14.2. The summed E-state index contributed by atoms with van der Waals surface area (Å²) in [5.74, 6) is 0.541. The van der Waals surface area contributed by atoms with Crippen LogP contribution in [0.2, 0.25) is 0 Å². The van der Waals surface area contributed by atoms with Gasteiger partial charge in [-0.05, 0) is 62.9 Å². The van der Waals surface area contributed by atoms with Crippen LogP contribution in [-0.2, 0) is 0 Å². The molecule has 2 aliphatic rings. The number of aliphatic hydroxyl groups excluding tert-OH is 1. The molecule has 2 aromatic heterocycles. The van der Waals surface area contributed by atoms with E-state index in [2.05, 4.69) is 20.6 Å². The molecule has 0 bridgehead atoms. The molecule has 1 aliphatic heterocycles. The number of carbonyl (C=O) groups excluding carboxylic acids is 1. The van der Waals surface area contributed by atoms with Gasteiger partial charge in [0.05, 0.1) is 29.8 Å². The van der Waals surface area contributed by atoms with E-state index in [1.807, 2.05) is 6.92 Å². The Morgan fingerprint density at radius 1 is 1.27 bits per heavy atom. The van der Waals surface area contributed by atoms with Crippen molar-refractivity contribution in [3.63, 3.8) is 0 Å². The number of amides is 1. The zero-order valence-electron chi connectivity index (χ0n) is 18.4. The summed E-state index contributed by atoms with van der Waals surface area (Å²) < 4.78 is 20.2. The van der Waals surface area contributed by atoms with E-state index >= 15 is 0 Å². The van der Waals surface area contributed by atoms with Crippen molar-refractivity contribution in [2.75, 3.05) is 19.7 Å². The summed E-state index contributed by atoms with van der Waals surface area (Å²) >= 11 is 0. The molecule has 33 heavy (non-hydrogen) atoms. The van der Waals surface area contributed by atoms with Crippen LogP contribution in [0.1, 0.15) is 35.3 Å². The van der Waals surface area contributed by atoms with Gasteiger partial charge in [-0.3, -0.25) is 9.78 Å². The van der Waals surface area contributed by atoms with Crippen LogP contribution in [0.4, 0.5) is 4.39 Å². The number of pyridine rings is 1. The second kappa shape index (κ2) is 9.67. The van der Waals surface area contributed by atoms with Crippen LogP contribution in [0, 0.1) is 18.7 Å². The lowest BCUT2D eigenvalue weighted by Gasteiger charge is -2.29. The van der Waals surface area contributed by atoms with Gasteiger partial charge < -0.3 is 25.5 Å². The maximum Gasteiger partial charge on any atom is 0.255 e. The summed E-state index contributed by atoms with van der Waals surface area (Å²) in [5.41, 5.74) is 3.62. The van der Waals surface area contributed by atoms with Gasteiger partial charge in [-0.1, -0.05) is 0 Å². The number of nitrogens with zero attached hydrogens (tertiary/aromatic N) is 1. The number of aliphatic hydroxyl groups is 1. The number of carbonyl (C=O) groups is 1. The first-order valence-electron chi connectivity index (χ1n) is 11.1. The van der Waals surface area contributed by atoms with Gasteiger partial charge in [-0.2, -0.15) is 0 Å². The predicted molar refractivity (Wildman–Crippen MR) is 126 cm³/mol. The molecule has 4 N–H and O–H groups in total. The molecule has 1 saturated carbocycles. The quantitative estimate of drug-likeness (QED) is 0.439. The van der Waals surface area contributed by atoms with E-state index in [1.165, 1.54) is 12.1 Å². The Morgan fingerprint density at radius 2 is 2.09 bits per heavy atom. The van der Waals surface area contributed by atoms with E-state index in [9.17, 15) is 14.3 Å². The fraction of sp³-hybridized carbons (Fsp3) is 0.417. The minimum absolute atomic E-state index is 0. The van der Waals surface area contributed by atoms with Crippen molar-refractivity contribution < 1.29 is 19.0 Å². The van der Waals surface area contributed by atoms with Crippen molar-refractivity contribution in [1.82, 2.24) is 20.6 Å². The van der Waals surface area contributed by atoms with Gasteiger partial charge in [0.15, 0.2) is 0 Å². The fourth-order valence-electron chi connectivity index (χ4n) is 4.29. The number of halogens is 2. The highest BCUT2D eigenvalue weighted by atomic mass is 35.5. The standard InChI is InChI=1S/C24H27FN4O3.ClH/c1-13-21(24(31)29-18-7-8-26-11-19(18)30)23-22(28-13)16(6-9-27-23)17-10-15(25)4-5-20(17)32-12-14-2-3-14;/h4-6,9-10,14,18-19,26,28,30H,2-3,7-8,11-12H2,1H3,(H,29,31);1H/t18-,19+;/m1./s1. The molecule has 176 valence electrons. The predicted octanol–water partition coefficient (Wildman–Crippen LogP) is 3.34. The first-order chi connectivity index (χ1) is 15.5. The monoisotopic (exact) mass is 474 g/mol. The number of aryl methyl sites for hydroxylation is 1. The normalized spacial score (nSPS) is 20.3. The Labute approximate surface area is 197 Å². The zero-order chi connectivity index (χ0) is 22.2. The molecule has 1 saturated heterocycles. The lowest BCUT2D eigenvalue weighted by atomic mass is 10.0. The number of β-amino-alcohol motifs (C(OH)–C–C–N with tert-alkyl or cyclic N) is 1. The molecule has 7 nitrogen and oxygen atoms in total. The fourth-order valence-corrected chi connectivity index (χ4v) is 4.29. The van der Waals surface area contributed by atoms with Crippen LogP contribution in [-0.4, -0.2) is 52.8 Å². The smallest absolute Gasteiger partial charge is 0.255 e. The molecule has 0 spiro atoms. The number of hydrogen-bond donors (Lipinski definition) is 4. The average molecular weight is 475 g/mol. The van der Waals surface area contributed by atoms with Gasteiger partial charge in [-0.15, -0.1) is 12.4 Å². The highest BCUT2D eigenvalue weighted by Gasteiger charge is 2.28. The minimum Gasteiger partial charge on any atom is -0.493 e. The Kier molecular flexibility index (Phi) is 6.88. The molecule has 1 amide bonds. The second-order valence-electron chi connectivity index (χ2n) is 8.74. The Hall–Kier alpha value is -2.68. The van der Waals surface area contributed by atoms with E-state index in [0.717, 1.165) is 24.9 Å². The molecule has 3 heterocycles. The summed E-state index contributed by atoms with van der Waals surface area (Å²) in [6, 6.07) is 5.99. The van der Waals surface area contributed by atoms with Gasteiger partial charge in [0.2, 0.25) is 0 Å². The average Bonchev–Trinajstić information content (AvgIpc) is 3.54. The van der Waals surface area contributed by atoms with Crippen molar-refractivity contribution in [3.05, 3.63) is 47.5 Å². The number of ether oxygens (including phenoxy) is 1. The van der Waals surface area contributed by atoms with Crippen LogP contribution < -0.4 is 15.4 Å². The zero-order valence-corrected chi connectivity index (χ0v) is 19.2. The Balaban J connectivity index is 0.00000259. The number of benzene rings is 1. The first kappa shape index (κ1) is 23.5. The number of piperidine rings is 1.